The van der Waals surface area contributed by atoms with Gasteiger partial charge in [0.2, 0.25) is 0 Å². The van der Waals surface area contributed by atoms with E-state index in [9.17, 15) is 9.59 Å². The molecule has 0 saturated carbocycles. The van der Waals surface area contributed by atoms with Crippen molar-refractivity contribution in [2.45, 2.75) is 6.92 Å². The molecule has 0 aliphatic rings. The molecule has 0 bridgehead atoms. The molecule has 2 heterocycles. The highest BCUT2D eigenvalue weighted by Crippen LogP contribution is 2.34. The van der Waals surface area contributed by atoms with Crippen LogP contribution in [0.15, 0.2) is 48.8 Å². The summed E-state index contributed by atoms with van der Waals surface area (Å²) >= 11 is 1.20. The van der Waals surface area contributed by atoms with E-state index in [0.717, 1.165) is 5.56 Å². The Balaban J connectivity index is 1.93. The van der Waals surface area contributed by atoms with E-state index in [2.05, 4.69) is 15.3 Å². The van der Waals surface area contributed by atoms with Crippen molar-refractivity contribution < 1.29 is 19.1 Å². The number of hydrogen-bond donors (Lipinski definition) is 1. The van der Waals surface area contributed by atoms with Gasteiger partial charge in [-0.25, -0.2) is 9.78 Å². The highest BCUT2D eigenvalue weighted by molar-refractivity contribution is 7.19. The molecule has 1 aromatic carbocycles. The normalized spacial score (nSPS) is 10.3. The average Bonchev–Trinajstić information content (AvgIpc) is 3.13. The van der Waals surface area contributed by atoms with Gasteiger partial charge >= 0.3 is 5.97 Å². The Morgan fingerprint density at radius 1 is 1.19 bits per heavy atom. The highest BCUT2D eigenvalue weighted by Gasteiger charge is 2.22. The average molecular weight is 383 g/mol. The molecule has 0 saturated heterocycles. The molecule has 1 N–H and O–H groups in total. The number of nitrogens with zero attached hydrogens (tertiary/aromatic N) is 2. The van der Waals surface area contributed by atoms with Crippen LogP contribution in [0.1, 0.15) is 27.8 Å². The number of ether oxygens (including phenoxy) is 2. The molecule has 0 atom stereocenters. The second-order valence-electron chi connectivity index (χ2n) is 5.34. The van der Waals surface area contributed by atoms with E-state index >= 15 is 0 Å². The molecule has 0 fully saturated rings. The van der Waals surface area contributed by atoms with Gasteiger partial charge in [0.1, 0.15) is 5.75 Å². The predicted molar refractivity (Wildman–Crippen MR) is 102 cm³/mol. The van der Waals surface area contributed by atoms with Gasteiger partial charge in [-0.15, -0.1) is 0 Å². The number of aromatic nitrogens is 2. The number of methoxy groups -OCH3 is 1. The highest BCUT2D eigenvalue weighted by atomic mass is 32.1. The minimum Gasteiger partial charge on any atom is -0.497 e. The maximum absolute atomic E-state index is 12.3. The van der Waals surface area contributed by atoms with Gasteiger partial charge in [0.25, 0.3) is 5.91 Å². The van der Waals surface area contributed by atoms with Crippen LogP contribution in [-0.2, 0) is 4.74 Å². The first-order valence-corrected chi connectivity index (χ1v) is 8.97. The van der Waals surface area contributed by atoms with Crippen LogP contribution in [0.5, 0.6) is 5.75 Å². The third-order valence-electron chi connectivity index (χ3n) is 3.59. The lowest BCUT2D eigenvalue weighted by Crippen LogP contribution is -2.12. The van der Waals surface area contributed by atoms with Gasteiger partial charge in [-0.3, -0.25) is 15.1 Å². The number of carbonyl (C=O) groups excluding carboxylic acids is 2. The summed E-state index contributed by atoms with van der Waals surface area (Å²) in [4.78, 5) is 33.4. The van der Waals surface area contributed by atoms with Crippen LogP contribution in [0.4, 0.5) is 5.13 Å². The van der Waals surface area contributed by atoms with Crippen molar-refractivity contribution in [3.05, 3.63) is 60.0 Å². The van der Waals surface area contributed by atoms with Gasteiger partial charge in [-0.2, -0.15) is 0 Å². The van der Waals surface area contributed by atoms with Crippen LogP contribution in [0.25, 0.3) is 10.4 Å². The molecule has 138 valence electrons. The zero-order chi connectivity index (χ0) is 19.2. The standard InChI is InChI=1S/C19H17N3O4S/c1-3-26-18(24)15-16(12-6-8-14(25-2)9-7-12)27-19(21-15)22-17(23)13-5-4-10-20-11-13/h4-11H,3H2,1-2H3,(H,21,22,23). The number of hydrogen-bond acceptors (Lipinski definition) is 7. The monoisotopic (exact) mass is 383 g/mol. The first kappa shape index (κ1) is 18.5. The molecular formula is C19H17N3O4S. The number of rotatable bonds is 6. The van der Waals surface area contributed by atoms with Crippen molar-refractivity contribution in [1.82, 2.24) is 9.97 Å². The van der Waals surface area contributed by atoms with Crippen LogP contribution >= 0.6 is 11.3 Å². The molecule has 0 unspecified atom stereocenters. The van der Waals surface area contributed by atoms with E-state index in [1.54, 1.807) is 44.5 Å². The minimum atomic E-state index is -0.540. The van der Waals surface area contributed by atoms with E-state index in [0.29, 0.717) is 21.3 Å². The molecule has 0 radical (unpaired) electrons. The fourth-order valence-corrected chi connectivity index (χ4v) is 3.27. The number of amides is 1. The smallest absolute Gasteiger partial charge is 0.358 e. The molecule has 2 aromatic heterocycles. The number of pyridine rings is 1. The van der Waals surface area contributed by atoms with Crippen LogP contribution in [0.3, 0.4) is 0 Å². The first-order chi connectivity index (χ1) is 13.1. The van der Waals surface area contributed by atoms with Crippen LogP contribution in [-0.4, -0.2) is 35.6 Å². The summed E-state index contributed by atoms with van der Waals surface area (Å²) in [6.07, 6.45) is 3.04. The molecule has 8 heteroatoms. The van der Waals surface area contributed by atoms with Gasteiger partial charge in [0.05, 0.1) is 24.2 Å². The Morgan fingerprint density at radius 2 is 1.96 bits per heavy atom. The van der Waals surface area contributed by atoms with Gasteiger partial charge in [0.15, 0.2) is 10.8 Å². The van der Waals surface area contributed by atoms with E-state index in [1.807, 2.05) is 12.1 Å². The summed E-state index contributed by atoms with van der Waals surface area (Å²) in [5.41, 5.74) is 1.34. The lowest BCUT2D eigenvalue weighted by molar-refractivity contribution is 0.0521. The SMILES string of the molecule is CCOC(=O)c1nc(NC(=O)c2cccnc2)sc1-c1ccc(OC)cc1. The molecular weight excluding hydrogens is 366 g/mol. The molecule has 7 nitrogen and oxygen atoms in total. The van der Waals surface area contributed by atoms with E-state index in [4.69, 9.17) is 9.47 Å². The zero-order valence-corrected chi connectivity index (χ0v) is 15.6. The number of benzene rings is 1. The summed E-state index contributed by atoms with van der Waals surface area (Å²) in [6, 6.07) is 10.5. The van der Waals surface area contributed by atoms with E-state index in [-0.39, 0.29) is 18.2 Å². The Hall–Kier alpha value is -3.26. The zero-order valence-electron chi connectivity index (χ0n) is 14.8. The Labute approximate surface area is 160 Å². The molecule has 0 aliphatic heterocycles. The van der Waals surface area contributed by atoms with Crippen molar-refractivity contribution >= 4 is 28.3 Å². The third-order valence-corrected chi connectivity index (χ3v) is 4.61. The molecule has 0 aliphatic carbocycles. The van der Waals surface area contributed by atoms with Crippen molar-refractivity contribution in [1.29, 1.82) is 0 Å². The number of thiazole rings is 1. The van der Waals surface area contributed by atoms with Crippen molar-refractivity contribution in [2.75, 3.05) is 19.0 Å². The molecule has 1 amide bonds. The van der Waals surface area contributed by atoms with Gasteiger partial charge in [0, 0.05) is 12.4 Å². The molecule has 0 spiro atoms. The number of nitrogens with one attached hydrogen (secondary N) is 1. The summed E-state index contributed by atoms with van der Waals surface area (Å²) in [5.74, 6) is -0.193. The quantitative estimate of drug-likeness (QED) is 0.654. The fraction of sp³-hybridized carbons (Fsp3) is 0.158. The molecule has 3 aromatic rings. The first-order valence-electron chi connectivity index (χ1n) is 8.16. The lowest BCUT2D eigenvalue weighted by atomic mass is 10.1. The van der Waals surface area contributed by atoms with Crippen LogP contribution < -0.4 is 10.1 Å². The second kappa shape index (κ2) is 8.41. The largest absolute Gasteiger partial charge is 0.497 e. The van der Waals surface area contributed by atoms with Crippen molar-refractivity contribution in [3.8, 4) is 16.2 Å². The van der Waals surface area contributed by atoms with Gasteiger partial charge in [-0.05, 0) is 48.9 Å². The number of esters is 1. The Bertz CT molecular complexity index is 939. The van der Waals surface area contributed by atoms with Gasteiger partial charge < -0.3 is 9.47 Å². The Kier molecular flexibility index (Phi) is 5.77. The molecule has 27 heavy (non-hydrogen) atoms. The predicted octanol–water partition coefficient (Wildman–Crippen LogP) is 3.64. The summed E-state index contributed by atoms with van der Waals surface area (Å²) in [7, 11) is 1.58. The maximum atomic E-state index is 12.3. The van der Waals surface area contributed by atoms with Crippen LogP contribution in [0.2, 0.25) is 0 Å². The summed E-state index contributed by atoms with van der Waals surface area (Å²) in [5, 5.41) is 3.01. The Morgan fingerprint density at radius 3 is 2.59 bits per heavy atom. The van der Waals surface area contributed by atoms with Crippen molar-refractivity contribution in [3.63, 3.8) is 0 Å². The van der Waals surface area contributed by atoms with E-state index in [1.165, 1.54) is 17.5 Å². The summed E-state index contributed by atoms with van der Waals surface area (Å²) in [6.45, 7) is 1.96. The van der Waals surface area contributed by atoms with Crippen LogP contribution in [0, 0.1) is 0 Å². The van der Waals surface area contributed by atoms with Gasteiger partial charge in [-0.1, -0.05) is 11.3 Å². The third kappa shape index (κ3) is 4.29. The lowest BCUT2D eigenvalue weighted by Gasteiger charge is -2.03. The van der Waals surface area contributed by atoms with Crippen molar-refractivity contribution in [2.24, 2.45) is 0 Å². The fourth-order valence-electron chi connectivity index (χ4n) is 2.32. The topological polar surface area (TPSA) is 90.4 Å². The maximum Gasteiger partial charge on any atom is 0.358 e. The minimum absolute atomic E-state index is 0.161. The number of carbonyl (C=O) groups is 2. The summed E-state index contributed by atoms with van der Waals surface area (Å²) < 4.78 is 10.3. The second-order valence-corrected chi connectivity index (χ2v) is 6.34. The van der Waals surface area contributed by atoms with E-state index < -0.39 is 5.97 Å². The molecule has 3 rings (SSSR count). The number of anilines is 1.